The van der Waals surface area contributed by atoms with Crippen molar-refractivity contribution in [1.82, 2.24) is 10.2 Å². The zero-order valence-corrected chi connectivity index (χ0v) is 24.8. The smallest absolute Gasteiger partial charge is 0.242 e. The number of hydrogen-bond acceptors (Lipinski definition) is 4. The molecule has 3 rings (SSSR count). The summed E-state index contributed by atoms with van der Waals surface area (Å²) in [6.45, 7) is 5.82. The minimum atomic E-state index is -3.56. The zero-order valence-electron chi connectivity index (χ0n) is 22.5. The predicted octanol–water partition coefficient (Wildman–Crippen LogP) is 5.63. The number of benzene rings is 2. The lowest BCUT2D eigenvalue weighted by Gasteiger charge is -2.30. The molecule has 0 unspecified atom stereocenters. The van der Waals surface area contributed by atoms with Crippen LogP contribution in [0.25, 0.3) is 0 Å². The number of sulfonamides is 1. The van der Waals surface area contributed by atoms with Crippen LogP contribution in [0.2, 0.25) is 10.0 Å². The van der Waals surface area contributed by atoms with Crippen LogP contribution in [0.1, 0.15) is 62.1 Å². The minimum Gasteiger partial charge on any atom is -0.352 e. The molecule has 0 radical (unpaired) electrons. The van der Waals surface area contributed by atoms with Gasteiger partial charge in [0.15, 0.2) is 0 Å². The van der Waals surface area contributed by atoms with E-state index in [2.05, 4.69) is 5.32 Å². The first-order valence-electron chi connectivity index (χ1n) is 13.0. The molecule has 1 fully saturated rings. The standard InChI is InChI=1S/C28H37Cl2N3O4S/c1-19-9-7-12-26(20(19)2)33(38(4,36)37)16-8-13-27(34)32(18-22-14-15-23(29)17-25(22)30)21(3)28(35)31-24-10-5-6-11-24/h7,9,12,14-15,17,21,24H,5-6,8,10-11,13,16,18H2,1-4H3,(H,31,35)/t21-/m1/s1. The molecule has 2 aromatic carbocycles. The van der Waals surface area contributed by atoms with Crippen molar-refractivity contribution in [2.45, 2.75) is 77.9 Å². The summed E-state index contributed by atoms with van der Waals surface area (Å²) in [5, 5.41) is 3.97. The van der Waals surface area contributed by atoms with Gasteiger partial charge in [-0.2, -0.15) is 0 Å². The van der Waals surface area contributed by atoms with Gasteiger partial charge in [0, 0.05) is 35.6 Å². The second-order valence-corrected chi connectivity index (χ2v) is 12.8. The lowest BCUT2D eigenvalue weighted by Crippen LogP contribution is -2.49. The van der Waals surface area contributed by atoms with Crippen molar-refractivity contribution in [3.05, 3.63) is 63.1 Å². The fourth-order valence-electron chi connectivity index (χ4n) is 4.80. The molecule has 10 heteroatoms. The van der Waals surface area contributed by atoms with E-state index in [1.165, 1.54) is 15.5 Å². The van der Waals surface area contributed by atoms with Crippen molar-refractivity contribution in [2.75, 3.05) is 17.1 Å². The molecule has 1 saturated carbocycles. The molecule has 2 amide bonds. The number of hydrogen-bond donors (Lipinski definition) is 1. The summed E-state index contributed by atoms with van der Waals surface area (Å²) < 4.78 is 26.6. The van der Waals surface area contributed by atoms with Gasteiger partial charge in [-0.25, -0.2) is 8.42 Å². The Balaban J connectivity index is 1.77. The van der Waals surface area contributed by atoms with Crippen LogP contribution in [-0.2, 0) is 26.2 Å². The van der Waals surface area contributed by atoms with Gasteiger partial charge in [0.1, 0.15) is 6.04 Å². The van der Waals surface area contributed by atoms with Crippen LogP contribution in [0, 0.1) is 13.8 Å². The molecule has 38 heavy (non-hydrogen) atoms. The third-order valence-corrected chi connectivity index (χ3v) is 8.99. The molecular formula is C28H37Cl2N3O4S. The van der Waals surface area contributed by atoms with E-state index >= 15 is 0 Å². The molecule has 1 atom stereocenters. The highest BCUT2D eigenvalue weighted by atomic mass is 35.5. The second-order valence-electron chi connectivity index (χ2n) is 10.1. The Labute approximate surface area is 236 Å². The number of halogens is 2. The number of rotatable bonds is 11. The van der Waals surface area contributed by atoms with Gasteiger partial charge in [-0.3, -0.25) is 13.9 Å². The number of carbonyl (C=O) groups is 2. The van der Waals surface area contributed by atoms with Crippen molar-refractivity contribution >= 4 is 50.7 Å². The van der Waals surface area contributed by atoms with E-state index in [0.29, 0.717) is 27.7 Å². The summed E-state index contributed by atoms with van der Waals surface area (Å²) in [6, 6.07) is 9.99. The van der Waals surface area contributed by atoms with Gasteiger partial charge < -0.3 is 10.2 Å². The normalized spacial score (nSPS) is 14.8. The maximum absolute atomic E-state index is 13.5. The molecule has 1 N–H and O–H groups in total. The maximum Gasteiger partial charge on any atom is 0.242 e. The Hall–Kier alpha value is -2.29. The zero-order chi connectivity index (χ0) is 28.0. The highest BCUT2D eigenvalue weighted by Gasteiger charge is 2.29. The number of nitrogens with zero attached hydrogens (tertiary/aromatic N) is 2. The Kier molecular flexibility index (Phi) is 10.5. The van der Waals surface area contributed by atoms with Crippen molar-refractivity contribution in [3.8, 4) is 0 Å². The van der Waals surface area contributed by atoms with Crippen LogP contribution in [0.3, 0.4) is 0 Å². The van der Waals surface area contributed by atoms with Gasteiger partial charge in [-0.1, -0.05) is 54.2 Å². The monoisotopic (exact) mass is 581 g/mol. The molecule has 0 aromatic heterocycles. The molecule has 0 bridgehead atoms. The minimum absolute atomic E-state index is 0.0726. The van der Waals surface area contributed by atoms with E-state index in [0.717, 1.165) is 36.8 Å². The van der Waals surface area contributed by atoms with Gasteiger partial charge >= 0.3 is 0 Å². The Morgan fingerprint density at radius 2 is 1.79 bits per heavy atom. The van der Waals surface area contributed by atoms with Gasteiger partial charge in [0.2, 0.25) is 21.8 Å². The average Bonchev–Trinajstić information content (AvgIpc) is 3.35. The Morgan fingerprint density at radius 3 is 2.42 bits per heavy atom. The third-order valence-electron chi connectivity index (χ3n) is 7.22. The molecule has 0 aliphatic heterocycles. The number of amides is 2. The quantitative estimate of drug-likeness (QED) is 0.372. The van der Waals surface area contributed by atoms with E-state index < -0.39 is 16.1 Å². The lowest BCUT2D eigenvalue weighted by molar-refractivity contribution is -0.140. The molecular weight excluding hydrogens is 545 g/mol. The van der Waals surface area contributed by atoms with Crippen molar-refractivity contribution in [1.29, 1.82) is 0 Å². The number of anilines is 1. The van der Waals surface area contributed by atoms with E-state index in [4.69, 9.17) is 23.2 Å². The van der Waals surface area contributed by atoms with Gasteiger partial charge in [0.05, 0.1) is 11.9 Å². The summed E-state index contributed by atoms with van der Waals surface area (Å²) in [6.07, 6.45) is 5.58. The van der Waals surface area contributed by atoms with Crippen LogP contribution in [-0.4, -0.2) is 50.0 Å². The second kappa shape index (κ2) is 13.2. The van der Waals surface area contributed by atoms with Crippen LogP contribution >= 0.6 is 23.2 Å². The van der Waals surface area contributed by atoms with Crippen LogP contribution in [0.5, 0.6) is 0 Å². The molecule has 0 heterocycles. The SMILES string of the molecule is Cc1cccc(N(CCCC(=O)N(Cc2ccc(Cl)cc2Cl)[C@H](C)C(=O)NC2CCCC2)S(C)(=O)=O)c1C. The summed E-state index contributed by atoms with van der Waals surface area (Å²) in [7, 11) is -3.56. The Bertz CT molecular complexity index is 1260. The molecule has 1 aliphatic rings. The van der Waals surface area contributed by atoms with Crippen molar-refractivity contribution in [3.63, 3.8) is 0 Å². The summed E-state index contributed by atoms with van der Waals surface area (Å²) in [5.74, 6) is -0.456. The predicted molar refractivity (Wildman–Crippen MR) is 154 cm³/mol. The largest absolute Gasteiger partial charge is 0.352 e. The molecule has 0 spiro atoms. The molecule has 1 aliphatic carbocycles. The highest BCUT2D eigenvalue weighted by Crippen LogP contribution is 2.27. The van der Waals surface area contributed by atoms with Gasteiger partial charge in [-0.15, -0.1) is 0 Å². The van der Waals surface area contributed by atoms with E-state index in [1.807, 2.05) is 26.0 Å². The summed E-state index contributed by atoms with van der Waals surface area (Å²) in [5.41, 5.74) is 3.15. The van der Waals surface area contributed by atoms with Crippen molar-refractivity contribution < 1.29 is 18.0 Å². The van der Waals surface area contributed by atoms with Crippen LogP contribution < -0.4 is 9.62 Å². The summed E-state index contributed by atoms with van der Waals surface area (Å²) in [4.78, 5) is 28.1. The van der Waals surface area contributed by atoms with Crippen LogP contribution in [0.15, 0.2) is 36.4 Å². The average molecular weight is 583 g/mol. The van der Waals surface area contributed by atoms with Crippen LogP contribution in [0.4, 0.5) is 5.69 Å². The molecule has 2 aromatic rings. The topological polar surface area (TPSA) is 86.8 Å². The third kappa shape index (κ3) is 7.87. The first-order valence-corrected chi connectivity index (χ1v) is 15.6. The van der Waals surface area contributed by atoms with E-state index in [1.54, 1.807) is 31.2 Å². The lowest BCUT2D eigenvalue weighted by atomic mass is 10.1. The Morgan fingerprint density at radius 1 is 1.11 bits per heavy atom. The van der Waals surface area contributed by atoms with E-state index in [-0.39, 0.29) is 37.4 Å². The first kappa shape index (κ1) is 30.3. The molecule has 7 nitrogen and oxygen atoms in total. The highest BCUT2D eigenvalue weighted by molar-refractivity contribution is 7.92. The molecule has 0 saturated heterocycles. The summed E-state index contributed by atoms with van der Waals surface area (Å²) >= 11 is 12.4. The fourth-order valence-corrected chi connectivity index (χ4v) is 6.28. The number of carbonyl (C=O) groups excluding carboxylic acids is 2. The van der Waals surface area contributed by atoms with E-state index in [9.17, 15) is 18.0 Å². The van der Waals surface area contributed by atoms with Gasteiger partial charge in [0.25, 0.3) is 0 Å². The molecule has 208 valence electrons. The first-order chi connectivity index (χ1) is 17.9. The number of nitrogens with one attached hydrogen (secondary N) is 1. The van der Waals surface area contributed by atoms with Crippen molar-refractivity contribution in [2.24, 2.45) is 0 Å². The number of aryl methyl sites for hydroxylation is 1. The van der Waals surface area contributed by atoms with Gasteiger partial charge in [-0.05, 0) is 74.9 Å². The fraction of sp³-hybridized carbons (Fsp3) is 0.500. The maximum atomic E-state index is 13.5.